The SMILES string of the molecule is C=C(C)C(=O)OC1CCC(Oc2ccc3cc(-c4ccc(CCCCC)cc4OC)oc3c2)C1C. The number of hydrogen-bond acceptors (Lipinski definition) is 5. The van der Waals surface area contributed by atoms with Crippen LogP contribution in [-0.2, 0) is 16.0 Å². The van der Waals surface area contributed by atoms with Gasteiger partial charge < -0.3 is 18.6 Å². The number of fused-ring (bicyclic) bond motifs is 1. The van der Waals surface area contributed by atoms with E-state index in [0.29, 0.717) is 5.57 Å². The fourth-order valence-electron chi connectivity index (χ4n) is 4.73. The molecule has 1 aliphatic carbocycles. The van der Waals surface area contributed by atoms with Gasteiger partial charge in [-0.15, -0.1) is 0 Å². The van der Waals surface area contributed by atoms with Crippen LogP contribution < -0.4 is 9.47 Å². The quantitative estimate of drug-likeness (QED) is 0.172. The van der Waals surface area contributed by atoms with Crippen molar-refractivity contribution in [1.29, 1.82) is 0 Å². The number of unbranched alkanes of at least 4 members (excludes halogenated alkanes) is 2. The van der Waals surface area contributed by atoms with Gasteiger partial charge in [-0.1, -0.05) is 39.3 Å². The molecular formula is C30H36O5. The van der Waals surface area contributed by atoms with E-state index in [2.05, 4.69) is 38.6 Å². The van der Waals surface area contributed by atoms with Crippen molar-refractivity contribution in [2.75, 3.05) is 7.11 Å². The van der Waals surface area contributed by atoms with Crippen molar-refractivity contribution in [3.63, 3.8) is 0 Å². The first-order chi connectivity index (χ1) is 16.9. The summed E-state index contributed by atoms with van der Waals surface area (Å²) in [5, 5.41) is 1.01. The first-order valence-corrected chi connectivity index (χ1v) is 12.6. The van der Waals surface area contributed by atoms with Gasteiger partial charge in [0.1, 0.15) is 35.1 Å². The first kappa shape index (κ1) is 24.9. The van der Waals surface area contributed by atoms with Gasteiger partial charge in [-0.25, -0.2) is 4.79 Å². The van der Waals surface area contributed by atoms with E-state index >= 15 is 0 Å². The lowest BCUT2D eigenvalue weighted by molar-refractivity contribution is -0.146. The number of esters is 1. The summed E-state index contributed by atoms with van der Waals surface area (Å²) in [7, 11) is 1.70. The Hall–Kier alpha value is -3.21. The van der Waals surface area contributed by atoms with Gasteiger partial charge in [0.15, 0.2) is 0 Å². The van der Waals surface area contributed by atoms with Gasteiger partial charge in [0, 0.05) is 22.9 Å². The zero-order chi connectivity index (χ0) is 24.9. The van der Waals surface area contributed by atoms with Crippen LogP contribution in [-0.4, -0.2) is 25.3 Å². The van der Waals surface area contributed by atoms with Crippen LogP contribution in [0.4, 0.5) is 0 Å². The van der Waals surface area contributed by atoms with Gasteiger partial charge in [-0.05, 0) is 68.5 Å². The largest absolute Gasteiger partial charge is 0.496 e. The number of hydrogen-bond donors (Lipinski definition) is 0. The summed E-state index contributed by atoms with van der Waals surface area (Å²) in [6, 6.07) is 14.3. The van der Waals surface area contributed by atoms with Crippen LogP contribution in [0.2, 0.25) is 0 Å². The lowest BCUT2D eigenvalue weighted by Crippen LogP contribution is -2.28. The summed E-state index contributed by atoms with van der Waals surface area (Å²) in [6.45, 7) is 9.62. The molecular weight excluding hydrogens is 440 g/mol. The second-order valence-electron chi connectivity index (χ2n) is 9.62. The molecule has 0 radical (unpaired) electrons. The second kappa shape index (κ2) is 11.0. The second-order valence-corrected chi connectivity index (χ2v) is 9.62. The van der Waals surface area contributed by atoms with E-state index in [1.807, 2.05) is 24.3 Å². The minimum absolute atomic E-state index is 0.0230. The monoisotopic (exact) mass is 476 g/mol. The molecule has 1 saturated carbocycles. The number of ether oxygens (including phenoxy) is 3. The highest BCUT2D eigenvalue weighted by Crippen LogP contribution is 2.37. The molecule has 5 nitrogen and oxygen atoms in total. The zero-order valence-corrected chi connectivity index (χ0v) is 21.3. The molecule has 0 spiro atoms. The maximum absolute atomic E-state index is 11.9. The Bertz CT molecular complexity index is 1190. The highest BCUT2D eigenvalue weighted by Gasteiger charge is 2.37. The van der Waals surface area contributed by atoms with Gasteiger partial charge in [0.05, 0.1) is 12.7 Å². The van der Waals surface area contributed by atoms with Crippen molar-refractivity contribution >= 4 is 16.9 Å². The van der Waals surface area contributed by atoms with Gasteiger partial charge >= 0.3 is 5.97 Å². The molecule has 0 aliphatic heterocycles. The van der Waals surface area contributed by atoms with Crippen molar-refractivity contribution in [1.82, 2.24) is 0 Å². The molecule has 1 heterocycles. The van der Waals surface area contributed by atoms with E-state index in [-0.39, 0.29) is 24.1 Å². The van der Waals surface area contributed by atoms with E-state index < -0.39 is 0 Å². The summed E-state index contributed by atoms with van der Waals surface area (Å²) in [6.07, 6.45) is 6.12. The Morgan fingerprint density at radius 3 is 2.63 bits per heavy atom. The lowest BCUT2D eigenvalue weighted by Gasteiger charge is -2.22. The van der Waals surface area contributed by atoms with Gasteiger partial charge in [0.25, 0.3) is 0 Å². The molecule has 35 heavy (non-hydrogen) atoms. The van der Waals surface area contributed by atoms with E-state index in [1.54, 1.807) is 14.0 Å². The summed E-state index contributed by atoms with van der Waals surface area (Å²) in [5.41, 5.74) is 3.41. The molecule has 5 heteroatoms. The van der Waals surface area contributed by atoms with Crippen LogP contribution in [0.3, 0.4) is 0 Å². The van der Waals surface area contributed by atoms with Crippen LogP contribution in [0.15, 0.2) is 59.0 Å². The predicted octanol–water partition coefficient (Wildman–Crippen LogP) is 7.51. The van der Waals surface area contributed by atoms with Crippen LogP contribution in [0, 0.1) is 5.92 Å². The number of furan rings is 1. The molecule has 1 fully saturated rings. The molecule has 186 valence electrons. The Labute approximate surface area is 208 Å². The van der Waals surface area contributed by atoms with Crippen LogP contribution in [0.25, 0.3) is 22.3 Å². The minimum Gasteiger partial charge on any atom is -0.496 e. The van der Waals surface area contributed by atoms with Gasteiger partial charge in [-0.2, -0.15) is 0 Å². The molecule has 1 aliphatic rings. The Balaban J connectivity index is 1.48. The molecule has 1 aromatic heterocycles. The molecule has 0 saturated heterocycles. The molecule has 2 aromatic carbocycles. The third-order valence-corrected chi connectivity index (χ3v) is 6.89. The van der Waals surface area contributed by atoms with E-state index in [1.165, 1.54) is 24.8 Å². The van der Waals surface area contributed by atoms with Crippen molar-refractivity contribution in [2.24, 2.45) is 5.92 Å². The molecule has 4 rings (SSSR count). The Morgan fingerprint density at radius 1 is 1.09 bits per heavy atom. The molecule has 3 aromatic rings. The van der Waals surface area contributed by atoms with Gasteiger partial charge in [-0.3, -0.25) is 0 Å². The summed E-state index contributed by atoms with van der Waals surface area (Å²) < 4.78 is 23.8. The molecule has 0 bridgehead atoms. The van der Waals surface area contributed by atoms with Gasteiger partial charge in [0.2, 0.25) is 0 Å². The fraction of sp³-hybridized carbons (Fsp3) is 0.433. The predicted molar refractivity (Wildman–Crippen MR) is 139 cm³/mol. The third kappa shape index (κ3) is 5.72. The molecule has 3 atom stereocenters. The molecule has 3 unspecified atom stereocenters. The zero-order valence-electron chi connectivity index (χ0n) is 21.3. The lowest BCUT2D eigenvalue weighted by atomic mass is 10.0. The van der Waals surface area contributed by atoms with Crippen molar-refractivity contribution in [2.45, 2.75) is 71.5 Å². The van der Waals surface area contributed by atoms with E-state index in [4.69, 9.17) is 18.6 Å². The minimum atomic E-state index is -0.337. The number of aryl methyl sites for hydroxylation is 1. The standard InChI is InChI=1S/C30H36O5/c1-6-7-8-9-21-10-13-24(28(16-21)32-5)29-17-22-11-12-23(18-27(22)34-29)33-25-14-15-26(20(25)4)35-30(31)19(2)3/h10-13,16-18,20,25-26H,2,6-9,14-15H2,1,3-5H3. The highest BCUT2D eigenvalue weighted by molar-refractivity contribution is 5.87. The van der Waals surface area contributed by atoms with E-state index in [0.717, 1.165) is 53.1 Å². The summed E-state index contributed by atoms with van der Waals surface area (Å²) >= 11 is 0. The summed E-state index contributed by atoms with van der Waals surface area (Å²) in [5.74, 6) is 2.11. The topological polar surface area (TPSA) is 57.9 Å². The van der Waals surface area contributed by atoms with Crippen LogP contribution >= 0.6 is 0 Å². The first-order valence-electron chi connectivity index (χ1n) is 12.6. The smallest absolute Gasteiger partial charge is 0.333 e. The summed E-state index contributed by atoms with van der Waals surface area (Å²) in [4.78, 5) is 11.9. The maximum Gasteiger partial charge on any atom is 0.333 e. The number of carbonyl (C=O) groups excluding carboxylic acids is 1. The Morgan fingerprint density at radius 2 is 1.89 bits per heavy atom. The van der Waals surface area contributed by atoms with Crippen LogP contribution in [0.5, 0.6) is 11.5 Å². The molecule has 0 amide bonds. The fourth-order valence-corrected chi connectivity index (χ4v) is 4.73. The number of rotatable bonds is 10. The maximum atomic E-state index is 11.9. The van der Waals surface area contributed by atoms with E-state index in [9.17, 15) is 4.79 Å². The highest BCUT2D eigenvalue weighted by atomic mass is 16.5. The molecule has 0 N–H and O–H groups in total. The average Bonchev–Trinajstić information content (AvgIpc) is 3.42. The number of benzene rings is 2. The third-order valence-electron chi connectivity index (χ3n) is 6.89. The van der Waals surface area contributed by atoms with Crippen molar-refractivity contribution in [3.05, 3.63) is 60.2 Å². The average molecular weight is 477 g/mol. The Kier molecular flexibility index (Phi) is 7.84. The normalized spacial score (nSPS) is 19.6. The van der Waals surface area contributed by atoms with Crippen molar-refractivity contribution in [3.8, 4) is 22.8 Å². The number of methoxy groups -OCH3 is 1. The van der Waals surface area contributed by atoms with Crippen LogP contribution in [0.1, 0.15) is 58.4 Å². The number of carbonyl (C=O) groups is 1. The van der Waals surface area contributed by atoms with Crippen molar-refractivity contribution < 1.29 is 23.4 Å².